The van der Waals surface area contributed by atoms with Crippen LogP contribution in [0.25, 0.3) is 0 Å². The molecule has 0 atom stereocenters. The van der Waals surface area contributed by atoms with Crippen LogP contribution < -0.4 is 0 Å². The summed E-state index contributed by atoms with van der Waals surface area (Å²) in [6.45, 7) is 11.5. The van der Waals surface area contributed by atoms with Gasteiger partial charge in [0.1, 0.15) is 0 Å². The number of ether oxygens (including phenoxy) is 4. The van der Waals surface area contributed by atoms with E-state index in [1.54, 1.807) is 0 Å². The summed E-state index contributed by atoms with van der Waals surface area (Å²) in [5.41, 5.74) is 0.655. The third-order valence-electron chi connectivity index (χ3n) is 5.28. The molecule has 2 aliphatic rings. The van der Waals surface area contributed by atoms with E-state index in [0.717, 1.165) is 78.5 Å². The van der Waals surface area contributed by atoms with Gasteiger partial charge in [-0.3, -0.25) is 0 Å². The van der Waals surface area contributed by atoms with E-state index in [-0.39, 0.29) is 0 Å². The Hall–Kier alpha value is -0.160. The van der Waals surface area contributed by atoms with Gasteiger partial charge >= 0.3 is 0 Å². The van der Waals surface area contributed by atoms with E-state index in [1.165, 1.54) is 12.8 Å². The normalized spacial score (nSPS) is 22.1. The van der Waals surface area contributed by atoms with E-state index < -0.39 is 0 Å². The molecule has 0 aromatic carbocycles. The lowest BCUT2D eigenvalue weighted by molar-refractivity contribution is -0.150. The standard InChI is InChI=1S/C18H34O4/c1-3-17(13-21-14-17)11-19-9-7-5-6-8-10-20-12-18(4-2)15-22-16-18/h3-16H2,1-2H3. The monoisotopic (exact) mass is 314 g/mol. The summed E-state index contributed by atoms with van der Waals surface area (Å²) in [5.74, 6) is 0. The summed E-state index contributed by atoms with van der Waals surface area (Å²) < 4.78 is 22.2. The summed E-state index contributed by atoms with van der Waals surface area (Å²) in [7, 11) is 0. The second kappa shape index (κ2) is 9.21. The molecule has 0 bridgehead atoms. The lowest BCUT2D eigenvalue weighted by Crippen LogP contribution is -2.45. The van der Waals surface area contributed by atoms with Crippen LogP contribution in [-0.2, 0) is 18.9 Å². The first-order valence-corrected chi connectivity index (χ1v) is 9.05. The second-order valence-electron chi connectivity index (χ2n) is 7.21. The van der Waals surface area contributed by atoms with Crippen molar-refractivity contribution in [3.63, 3.8) is 0 Å². The van der Waals surface area contributed by atoms with E-state index in [1.807, 2.05) is 0 Å². The summed E-state index contributed by atoms with van der Waals surface area (Å²) in [5, 5.41) is 0. The van der Waals surface area contributed by atoms with E-state index >= 15 is 0 Å². The zero-order valence-electron chi connectivity index (χ0n) is 14.5. The molecule has 2 fully saturated rings. The van der Waals surface area contributed by atoms with Gasteiger partial charge in [0, 0.05) is 24.0 Å². The Balaban J connectivity index is 1.34. The first kappa shape index (κ1) is 18.2. The van der Waals surface area contributed by atoms with Crippen LogP contribution in [0.5, 0.6) is 0 Å². The number of hydrogen-bond donors (Lipinski definition) is 0. The Bertz CT molecular complexity index is 256. The first-order valence-electron chi connectivity index (χ1n) is 9.05. The molecule has 4 heteroatoms. The van der Waals surface area contributed by atoms with E-state index in [9.17, 15) is 0 Å². The molecule has 0 radical (unpaired) electrons. The smallest absolute Gasteiger partial charge is 0.0566 e. The molecule has 0 unspecified atom stereocenters. The zero-order chi connectivity index (χ0) is 15.7. The molecule has 2 saturated heterocycles. The predicted octanol–water partition coefficient (Wildman–Crippen LogP) is 3.43. The van der Waals surface area contributed by atoms with Crippen molar-refractivity contribution in [1.29, 1.82) is 0 Å². The minimum atomic E-state index is 0.328. The average Bonchev–Trinajstić information content (AvgIpc) is 2.46. The van der Waals surface area contributed by atoms with Crippen molar-refractivity contribution in [2.24, 2.45) is 10.8 Å². The Morgan fingerprint density at radius 1 is 0.682 bits per heavy atom. The van der Waals surface area contributed by atoms with Crippen LogP contribution in [-0.4, -0.2) is 52.9 Å². The summed E-state index contributed by atoms with van der Waals surface area (Å²) in [4.78, 5) is 0. The third kappa shape index (κ3) is 5.19. The van der Waals surface area contributed by atoms with Crippen LogP contribution in [0.2, 0.25) is 0 Å². The van der Waals surface area contributed by atoms with Crippen molar-refractivity contribution in [1.82, 2.24) is 0 Å². The highest BCUT2D eigenvalue weighted by molar-refractivity contribution is 4.84. The highest BCUT2D eigenvalue weighted by Crippen LogP contribution is 2.32. The van der Waals surface area contributed by atoms with Crippen molar-refractivity contribution in [2.45, 2.75) is 52.4 Å². The fraction of sp³-hybridized carbons (Fsp3) is 1.00. The van der Waals surface area contributed by atoms with Gasteiger partial charge in [0.15, 0.2) is 0 Å². The van der Waals surface area contributed by atoms with Crippen LogP contribution in [0.4, 0.5) is 0 Å². The third-order valence-corrected chi connectivity index (χ3v) is 5.28. The maximum Gasteiger partial charge on any atom is 0.0566 e. The molecule has 0 N–H and O–H groups in total. The van der Waals surface area contributed by atoms with Crippen molar-refractivity contribution in [3.05, 3.63) is 0 Å². The fourth-order valence-corrected chi connectivity index (χ4v) is 2.90. The van der Waals surface area contributed by atoms with Gasteiger partial charge in [-0.2, -0.15) is 0 Å². The molecule has 0 aromatic rings. The van der Waals surface area contributed by atoms with Crippen LogP contribution in [0.1, 0.15) is 52.4 Å². The Morgan fingerprint density at radius 3 is 1.36 bits per heavy atom. The van der Waals surface area contributed by atoms with Crippen molar-refractivity contribution in [3.8, 4) is 0 Å². The minimum Gasteiger partial charge on any atom is -0.381 e. The molecule has 22 heavy (non-hydrogen) atoms. The van der Waals surface area contributed by atoms with Gasteiger partial charge in [0.25, 0.3) is 0 Å². The van der Waals surface area contributed by atoms with Crippen molar-refractivity contribution < 1.29 is 18.9 Å². The maximum atomic E-state index is 5.82. The van der Waals surface area contributed by atoms with E-state index in [4.69, 9.17) is 18.9 Å². The zero-order valence-corrected chi connectivity index (χ0v) is 14.5. The molecular weight excluding hydrogens is 280 g/mol. The van der Waals surface area contributed by atoms with Gasteiger partial charge in [-0.15, -0.1) is 0 Å². The lowest BCUT2D eigenvalue weighted by Gasteiger charge is -2.40. The van der Waals surface area contributed by atoms with Gasteiger partial charge in [-0.05, 0) is 25.7 Å². The molecule has 0 spiro atoms. The van der Waals surface area contributed by atoms with Crippen molar-refractivity contribution in [2.75, 3.05) is 52.9 Å². The van der Waals surface area contributed by atoms with E-state index in [2.05, 4.69) is 13.8 Å². The minimum absolute atomic E-state index is 0.328. The number of rotatable bonds is 13. The highest BCUT2D eigenvalue weighted by Gasteiger charge is 2.37. The van der Waals surface area contributed by atoms with Gasteiger partial charge in [-0.25, -0.2) is 0 Å². The average molecular weight is 314 g/mol. The SMILES string of the molecule is CCC1(COCCCCCCOCC2(CC)COC2)COC1. The van der Waals surface area contributed by atoms with Crippen LogP contribution in [0.3, 0.4) is 0 Å². The number of unbranched alkanes of at least 4 members (excludes halogenated alkanes) is 3. The first-order chi connectivity index (χ1) is 10.7. The molecule has 2 heterocycles. The lowest BCUT2D eigenvalue weighted by atomic mass is 9.84. The van der Waals surface area contributed by atoms with Crippen molar-refractivity contribution >= 4 is 0 Å². The predicted molar refractivity (Wildman–Crippen MR) is 87.2 cm³/mol. The second-order valence-corrected chi connectivity index (χ2v) is 7.21. The highest BCUT2D eigenvalue weighted by atomic mass is 16.5. The molecule has 0 aliphatic carbocycles. The quantitative estimate of drug-likeness (QED) is 0.488. The van der Waals surface area contributed by atoms with Gasteiger partial charge in [0.2, 0.25) is 0 Å². The maximum absolute atomic E-state index is 5.82. The topological polar surface area (TPSA) is 36.9 Å². The molecule has 0 amide bonds. The Kier molecular flexibility index (Phi) is 7.61. The van der Waals surface area contributed by atoms with E-state index in [0.29, 0.717) is 10.8 Å². The summed E-state index contributed by atoms with van der Waals surface area (Å²) in [6, 6.07) is 0. The molecule has 130 valence electrons. The Labute approximate surface area is 135 Å². The molecular formula is C18H34O4. The molecule has 2 rings (SSSR count). The molecule has 2 aliphatic heterocycles. The fourth-order valence-electron chi connectivity index (χ4n) is 2.90. The number of hydrogen-bond acceptors (Lipinski definition) is 4. The molecule has 0 aromatic heterocycles. The Morgan fingerprint density at radius 2 is 1.09 bits per heavy atom. The van der Waals surface area contributed by atoms with Gasteiger partial charge < -0.3 is 18.9 Å². The largest absolute Gasteiger partial charge is 0.381 e. The summed E-state index contributed by atoms with van der Waals surface area (Å²) in [6.07, 6.45) is 7.12. The summed E-state index contributed by atoms with van der Waals surface area (Å²) >= 11 is 0. The van der Waals surface area contributed by atoms with Crippen LogP contribution in [0.15, 0.2) is 0 Å². The molecule has 0 saturated carbocycles. The van der Waals surface area contributed by atoms with Gasteiger partial charge in [0.05, 0.1) is 39.6 Å². The van der Waals surface area contributed by atoms with Crippen LogP contribution >= 0.6 is 0 Å². The van der Waals surface area contributed by atoms with Crippen LogP contribution in [0, 0.1) is 10.8 Å². The van der Waals surface area contributed by atoms with Gasteiger partial charge in [-0.1, -0.05) is 26.7 Å². The molecule has 4 nitrogen and oxygen atoms in total.